The molecule has 5 atom stereocenters. The minimum atomic E-state index is -0.861. The Morgan fingerprint density at radius 1 is 0.789 bits per heavy atom. The Balaban J connectivity index is 1.88. The smallest absolute Gasteiger partial charge is 0.303 e. The van der Waals surface area contributed by atoms with Crippen LogP contribution in [0.4, 0.5) is 0 Å². The summed E-state index contributed by atoms with van der Waals surface area (Å²) in [5.41, 5.74) is 1.39. The SMILES string of the molecule is CCS[C@H]1O[C@H](COC(C)=O)[C@@H](OC(C)=O)[C@H](OCc2ccc(OC)cc2)[C@@H]1OCc1ccc(OC)cc1. The molecule has 0 aliphatic carbocycles. The molecule has 1 fully saturated rings. The maximum absolute atomic E-state index is 12.1. The molecule has 1 aliphatic rings. The molecule has 0 N–H and O–H groups in total. The summed E-state index contributed by atoms with van der Waals surface area (Å²) in [5, 5.41) is 0. The quantitative estimate of drug-likeness (QED) is 0.340. The van der Waals surface area contributed by atoms with Crippen molar-refractivity contribution >= 4 is 23.7 Å². The summed E-state index contributed by atoms with van der Waals surface area (Å²) in [6.07, 6.45) is -2.87. The number of thioether (sulfide) groups is 1. The third-order valence-corrected chi connectivity index (χ3v) is 6.92. The zero-order valence-corrected chi connectivity index (χ0v) is 23.2. The second kappa shape index (κ2) is 15.0. The van der Waals surface area contributed by atoms with Crippen LogP contribution in [0, 0.1) is 0 Å². The molecular weight excluding hydrogens is 512 g/mol. The van der Waals surface area contributed by atoms with Gasteiger partial charge in [-0.3, -0.25) is 9.59 Å². The summed E-state index contributed by atoms with van der Waals surface area (Å²) in [7, 11) is 3.22. The highest BCUT2D eigenvalue weighted by molar-refractivity contribution is 7.99. The summed E-state index contributed by atoms with van der Waals surface area (Å²) < 4.78 is 40.6. The Labute approximate surface area is 228 Å². The molecule has 208 valence electrons. The van der Waals surface area contributed by atoms with Crippen LogP contribution in [-0.4, -0.2) is 68.4 Å². The first-order valence-electron chi connectivity index (χ1n) is 12.4. The lowest BCUT2D eigenvalue weighted by Gasteiger charge is -2.45. The largest absolute Gasteiger partial charge is 0.497 e. The second-order valence-corrected chi connectivity index (χ2v) is 10.00. The van der Waals surface area contributed by atoms with Crippen molar-refractivity contribution in [3.63, 3.8) is 0 Å². The summed E-state index contributed by atoms with van der Waals surface area (Å²) in [4.78, 5) is 23.7. The molecule has 1 heterocycles. The first-order chi connectivity index (χ1) is 18.3. The van der Waals surface area contributed by atoms with Crippen molar-refractivity contribution in [3.05, 3.63) is 59.7 Å². The van der Waals surface area contributed by atoms with Gasteiger partial charge in [0, 0.05) is 13.8 Å². The highest BCUT2D eigenvalue weighted by Crippen LogP contribution is 2.35. The fourth-order valence-corrected chi connectivity index (χ4v) is 5.01. The van der Waals surface area contributed by atoms with E-state index in [2.05, 4.69) is 0 Å². The number of carbonyl (C=O) groups is 2. The second-order valence-electron chi connectivity index (χ2n) is 8.62. The molecular formula is C28H36O9S. The summed E-state index contributed by atoms with van der Waals surface area (Å²) >= 11 is 1.55. The van der Waals surface area contributed by atoms with Crippen molar-refractivity contribution in [2.24, 2.45) is 0 Å². The predicted octanol–water partition coefficient (Wildman–Crippen LogP) is 4.15. The predicted molar refractivity (Wildman–Crippen MR) is 142 cm³/mol. The molecule has 1 aliphatic heterocycles. The molecule has 3 rings (SSSR count). The van der Waals surface area contributed by atoms with Crippen molar-refractivity contribution < 1.29 is 42.7 Å². The van der Waals surface area contributed by atoms with Crippen LogP contribution >= 0.6 is 11.8 Å². The number of ether oxygens (including phenoxy) is 7. The number of benzene rings is 2. The zero-order valence-electron chi connectivity index (χ0n) is 22.4. The fraction of sp³-hybridized carbons (Fsp3) is 0.500. The molecule has 9 nitrogen and oxygen atoms in total. The first kappa shape index (κ1) is 29.8. The van der Waals surface area contributed by atoms with E-state index >= 15 is 0 Å². The van der Waals surface area contributed by atoms with E-state index in [4.69, 9.17) is 33.2 Å². The lowest BCUT2D eigenvalue weighted by molar-refractivity contribution is -0.246. The van der Waals surface area contributed by atoms with Crippen LogP contribution in [0.2, 0.25) is 0 Å². The molecule has 0 saturated carbocycles. The van der Waals surface area contributed by atoms with Gasteiger partial charge in [-0.25, -0.2) is 0 Å². The van der Waals surface area contributed by atoms with E-state index < -0.39 is 41.8 Å². The van der Waals surface area contributed by atoms with E-state index in [1.807, 2.05) is 55.5 Å². The average Bonchev–Trinajstić information content (AvgIpc) is 2.91. The van der Waals surface area contributed by atoms with Crippen LogP contribution in [0.3, 0.4) is 0 Å². The lowest BCUT2D eigenvalue weighted by atomic mass is 9.99. The summed E-state index contributed by atoms with van der Waals surface area (Å²) in [6.45, 7) is 5.09. The van der Waals surface area contributed by atoms with Crippen molar-refractivity contribution in [1.29, 1.82) is 0 Å². The molecule has 0 aromatic heterocycles. The Morgan fingerprint density at radius 2 is 1.32 bits per heavy atom. The van der Waals surface area contributed by atoms with Gasteiger partial charge in [0.1, 0.15) is 41.9 Å². The maximum atomic E-state index is 12.1. The number of carbonyl (C=O) groups excluding carboxylic acids is 2. The van der Waals surface area contributed by atoms with Crippen molar-refractivity contribution in [2.45, 2.75) is 63.8 Å². The third kappa shape index (κ3) is 8.62. The number of hydrogen-bond acceptors (Lipinski definition) is 10. The van der Waals surface area contributed by atoms with E-state index in [1.165, 1.54) is 13.8 Å². The molecule has 0 bridgehead atoms. The van der Waals surface area contributed by atoms with E-state index in [-0.39, 0.29) is 19.8 Å². The van der Waals surface area contributed by atoms with Gasteiger partial charge in [-0.05, 0) is 41.1 Å². The number of hydrogen-bond donors (Lipinski definition) is 0. The molecule has 2 aromatic rings. The van der Waals surface area contributed by atoms with Gasteiger partial charge in [-0.1, -0.05) is 31.2 Å². The molecule has 10 heteroatoms. The Kier molecular flexibility index (Phi) is 11.7. The number of methoxy groups -OCH3 is 2. The molecule has 38 heavy (non-hydrogen) atoms. The van der Waals surface area contributed by atoms with Gasteiger partial charge in [-0.15, -0.1) is 11.8 Å². The first-order valence-corrected chi connectivity index (χ1v) is 13.5. The van der Waals surface area contributed by atoms with Crippen LogP contribution < -0.4 is 9.47 Å². The van der Waals surface area contributed by atoms with E-state index in [0.29, 0.717) is 0 Å². The van der Waals surface area contributed by atoms with Crippen LogP contribution in [0.1, 0.15) is 31.9 Å². The standard InChI is InChI=1S/C28H36O9S/c1-6-38-28-27(35-16-21-9-13-23(32-5)14-10-21)26(34-15-20-7-11-22(31-4)12-8-20)25(36-19(3)30)24(37-28)17-33-18(2)29/h7-14,24-28H,6,15-17H2,1-5H3/t24-,25-,26+,27+,28-/m1/s1. The van der Waals surface area contributed by atoms with Crippen LogP contribution in [0.15, 0.2) is 48.5 Å². The minimum Gasteiger partial charge on any atom is -0.497 e. The van der Waals surface area contributed by atoms with Crippen molar-refractivity contribution in [2.75, 3.05) is 26.6 Å². The molecule has 2 aromatic carbocycles. The highest BCUT2D eigenvalue weighted by atomic mass is 32.2. The molecule has 1 saturated heterocycles. The fourth-order valence-electron chi connectivity index (χ4n) is 4.04. The topological polar surface area (TPSA) is 98.8 Å². The number of rotatable bonds is 13. The van der Waals surface area contributed by atoms with E-state index in [0.717, 1.165) is 28.4 Å². The molecule has 0 spiro atoms. The maximum Gasteiger partial charge on any atom is 0.303 e. The number of esters is 2. The van der Waals surface area contributed by atoms with Gasteiger partial charge in [0.15, 0.2) is 6.10 Å². The van der Waals surface area contributed by atoms with E-state index in [9.17, 15) is 9.59 Å². The van der Waals surface area contributed by atoms with E-state index in [1.54, 1.807) is 26.0 Å². The minimum absolute atomic E-state index is 0.0817. The van der Waals surface area contributed by atoms with Crippen LogP contribution in [0.5, 0.6) is 11.5 Å². The van der Waals surface area contributed by atoms with Gasteiger partial charge in [0.05, 0.1) is 27.4 Å². The van der Waals surface area contributed by atoms with Gasteiger partial charge < -0.3 is 33.2 Å². The lowest BCUT2D eigenvalue weighted by Crippen LogP contribution is -2.60. The normalized spacial score (nSPS) is 22.9. The Bertz CT molecular complexity index is 1010. The van der Waals surface area contributed by atoms with Gasteiger partial charge in [0.25, 0.3) is 0 Å². The molecule has 0 unspecified atom stereocenters. The van der Waals surface area contributed by atoms with Gasteiger partial charge >= 0.3 is 11.9 Å². The monoisotopic (exact) mass is 548 g/mol. The zero-order chi connectivity index (χ0) is 27.5. The van der Waals surface area contributed by atoms with Crippen molar-refractivity contribution in [1.82, 2.24) is 0 Å². The van der Waals surface area contributed by atoms with Gasteiger partial charge in [0.2, 0.25) is 0 Å². The average molecular weight is 549 g/mol. The molecule has 0 radical (unpaired) electrons. The van der Waals surface area contributed by atoms with Crippen LogP contribution in [0.25, 0.3) is 0 Å². The summed E-state index contributed by atoms with van der Waals surface area (Å²) in [5.74, 6) is 1.28. The Morgan fingerprint density at radius 3 is 1.76 bits per heavy atom. The Hall–Kier alpha value is -2.79. The van der Waals surface area contributed by atoms with Crippen LogP contribution in [-0.2, 0) is 46.5 Å². The molecule has 0 amide bonds. The van der Waals surface area contributed by atoms with Gasteiger partial charge in [-0.2, -0.15) is 0 Å². The highest BCUT2D eigenvalue weighted by Gasteiger charge is 2.49. The third-order valence-electron chi connectivity index (χ3n) is 5.88. The summed E-state index contributed by atoms with van der Waals surface area (Å²) in [6, 6.07) is 15.1. The van der Waals surface area contributed by atoms with Crippen molar-refractivity contribution in [3.8, 4) is 11.5 Å².